The fourth-order valence-electron chi connectivity index (χ4n) is 2.91. The molecule has 2 aromatic carbocycles. The van der Waals surface area contributed by atoms with Gasteiger partial charge in [0.25, 0.3) is 5.91 Å². The van der Waals surface area contributed by atoms with Crippen molar-refractivity contribution in [2.75, 3.05) is 12.3 Å². The molecule has 0 unspecified atom stereocenters. The van der Waals surface area contributed by atoms with Gasteiger partial charge in [-0.15, -0.1) is 6.58 Å². The highest BCUT2D eigenvalue weighted by Gasteiger charge is 2.23. The number of nitrogens with zero attached hydrogens (tertiary/aromatic N) is 4. The number of amides is 1. The molecule has 0 aliphatic heterocycles. The van der Waals surface area contributed by atoms with Crippen LogP contribution in [0.3, 0.4) is 0 Å². The SMILES string of the molecule is C=CCNC(=O)c1c(N)n(/N=C/c2ccc(F)cc2)c2nc3ccccc3nc12. The molecule has 0 aliphatic rings. The molecule has 0 bridgehead atoms. The Morgan fingerprint density at radius 3 is 2.55 bits per heavy atom. The Bertz CT molecular complexity index is 1260. The van der Waals surface area contributed by atoms with Gasteiger partial charge in [0.2, 0.25) is 0 Å². The van der Waals surface area contributed by atoms with E-state index in [2.05, 4.69) is 27.0 Å². The van der Waals surface area contributed by atoms with E-state index in [-0.39, 0.29) is 23.7 Å². The molecule has 2 aromatic heterocycles. The Morgan fingerprint density at radius 1 is 1.17 bits per heavy atom. The molecule has 29 heavy (non-hydrogen) atoms. The fourth-order valence-corrected chi connectivity index (χ4v) is 2.91. The summed E-state index contributed by atoms with van der Waals surface area (Å²) in [5.41, 5.74) is 9.10. The molecule has 8 heteroatoms. The number of nitrogens with two attached hydrogens (primary N) is 1. The minimum Gasteiger partial charge on any atom is -0.383 e. The maximum Gasteiger partial charge on any atom is 0.257 e. The lowest BCUT2D eigenvalue weighted by Gasteiger charge is -2.02. The first-order chi connectivity index (χ1) is 14.1. The standard InChI is InChI=1S/C21H17FN6O/c1-2-11-24-21(29)17-18-20(27-16-6-4-3-5-15(16)26-18)28(19(17)23)25-12-13-7-9-14(22)10-8-13/h2-10,12H,1,11,23H2,(H,24,29)/b25-12+. The molecule has 0 spiro atoms. The van der Waals surface area contributed by atoms with E-state index in [4.69, 9.17) is 5.73 Å². The molecule has 0 saturated heterocycles. The first kappa shape index (κ1) is 18.3. The number of anilines is 1. The van der Waals surface area contributed by atoms with Crippen LogP contribution in [0.2, 0.25) is 0 Å². The second-order valence-corrected chi connectivity index (χ2v) is 6.25. The third-order valence-electron chi connectivity index (χ3n) is 4.30. The summed E-state index contributed by atoms with van der Waals surface area (Å²) in [5.74, 6) is -0.630. The van der Waals surface area contributed by atoms with Gasteiger partial charge >= 0.3 is 0 Å². The molecule has 0 fully saturated rings. The van der Waals surface area contributed by atoms with Crippen molar-refractivity contribution in [2.45, 2.75) is 0 Å². The van der Waals surface area contributed by atoms with Gasteiger partial charge in [-0.05, 0) is 29.8 Å². The number of carbonyl (C=O) groups is 1. The summed E-state index contributed by atoms with van der Waals surface area (Å²) in [5, 5.41) is 7.08. The number of rotatable bonds is 5. The zero-order valence-electron chi connectivity index (χ0n) is 15.3. The number of fused-ring (bicyclic) bond motifs is 2. The van der Waals surface area contributed by atoms with Crippen LogP contribution < -0.4 is 11.1 Å². The van der Waals surface area contributed by atoms with Crippen LogP contribution in [-0.4, -0.2) is 33.3 Å². The van der Waals surface area contributed by atoms with Crippen molar-refractivity contribution < 1.29 is 9.18 Å². The van der Waals surface area contributed by atoms with Crippen LogP contribution in [0, 0.1) is 5.82 Å². The van der Waals surface area contributed by atoms with Crippen molar-refractivity contribution in [3.63, 3.8) is 0 Å². The molecule has 4 rings (SSSR count). The number of para-hydroxylation sites is 2. The number of nitrogen functional groups attached to an aromatic ring is 1. The average molecular weight is 388 g/mol. The predicted molar refractivity (Wildman–Crippen MR) is 111 cm³/mol. The van der Waals surface area contributed by atoms with Crippen molar-refractivity contribution in [1.82, 2.24) is 20.0 Å². The van der Waals surface area contributed by atoms with Gasteiger partial charge in [-0.25, -0.2) is 14.4 Å². The van der Waals surface area contributed by atoms with E-state index in [1.54, 1.807) is 18.2 Å². The lowest BCUT2D eigenvalue weighted by atomic mass is 10.2. The van der Waals surface area contributed by atoms with Gasteiger partial charge in [0.15, 0.2) is 5.65 Å². The molecule has 3 N–H and O–H groups in total. The van der Waals surface area contributed by atoms with Crippen molar-refractivity contribution >= 4 is 40.1 Å². The fraction of sp³-hybridized carbons (Fsp3) is 0.0476. The topological polar surface area (TPSA) is 98.2 Å². The number of halogens is 1. The van der Waals surface area contributed by atoms with E-state index < -0.39 is 5.91 Å². The maximum absolute atomic E-state index is 13.1. The van der Waals surface area contributed by atoms with Crippen LogP contribution >= 0.6 is 0 Å². The number of carbonyl (C=O) groups excluding carboxylic acids is 1. The van der Waals surface area contributed by atoms with Gasteiger partial charge in [0.1, 0.15) is 22.7 Å². The number of aromatic nitrogens is 3. The van der Waals surface area contributed by atoms with E-state index in [0.29, 0.717) is 27.8 Å². The Morgan fingerprint density at radius 2 is 1.86 bits per heavy atom. The minimum absolute atomic E-state index is 0.107. The van der Waals surface area contributed by atoms with Crippen LogP contribution in [0.15, 0.2) is 66.3 Å². The molecule has 7 nitrogen and oxygen atoms in total. The van der Waals surface area contributed by atoms with Gasteiger partial charge < -0.3 is 11.1 Å². The highest BCUT2D eigenvalue weighted by atomic mass is 19.1. The smallest absolute Gasteiger partial charge is 0.257 e. The first-order valence-corrected chi connectivity index (χ1v) is 8.84. The van der Waals surface area contributed by atoms with Crippen molar-refractivity contribution in [3.05, 3.63) is 78.1 Å². The molecule has 0 aliphatic carbocycles. The summed E-state index contributed by atoms with van der Waals surface area (Å²) in [6.45, 7) is 3.88. The monoisotopic (exact) mass is 388 g/mol. The summed E-state index contributed by atoms with van der Waals surface area (Å²) in [4.78, 5) is 21.9. The zero-order valence-corrected chi connectivity index (χ0v) is 15.3. The molecule has 1 amide bonds. The minimum atomic E-state index is -0.396. The summed E-state index contributed by atoms with van der Waals surface area (Å²) in [7, 11) is 0. The Hall–Kier alpha value is -4.07. The van der Waals surface area contributed by atoms with E-state index in [9.17, 15) is 9.18 Å². The van der Waals surface area contributed by atoms with Crippen molar-refractivity contribution in [2.24, 2.45) is 5.10 Å². The van der Waals surface area contributed by atoms with Gasteiger partial charge in [0.05, 0.1) is 17.2 Å². The largest absolute Gasteiger partial charge is 0.383 e. The third-order valence-corrected chi connectivity index (χ3v) is 4.30. The van der Waals surface area contributed by atoms with Crippen LogP contribution in [0.25, 0.3) is 22.2 Å². The van der Waals surface area contributed by atoms with E-state index in [1.165, 1.54) is 23.0 Å². The molecular weight excluding hydrogens is 371 g/mol. The molecule has 144 valence electrons. The van der Waals surface area contributed by atoms with Crippen LogP contribution in [0.5, 0.6) is 0 Å². The first-order valence-electron chi connectivity index (χ1n) is 8.84. The molecule has 0 atom stereocenters. The van der Waals surface area contributed by atoms with Crippen LogP contribution in [0.1, 0.15) is 15.9 Å². The highest BCUT2D eigenvalue weighted by Crippen LogP contribution is 2.27. The lowest BCUT2D eigenvalue weighted by molar-refractivity contribution is 0.0960. The maximum atomic E-state index is 13.1. The van der Waals surface area contributed by atoms with Crippen molar-refractivity contribution in [3.8, 4) is 0 Å². The Labute approximate surface area is 165 Å². The highest BCUT2D eigenvalue weighted by molar-refractivity contribution is 6.10. The molecule has 4 aromatic rings. The Balaban J connectivity index is 1.91. The molecular formula is C21H17FN6O. The summed E-state index contributed by atoms with van der Waals surface area (Å²) in [6.07, 6.45) is 3.08. The van der Waals surface area contributed by atoms with E-state index >= 15 is 0 Å². The number of benzene rings is 2. The van der Waals surface area contributed by atoms with Gasteiger partial charge in [0, 0.05) is 6.54 Å². The number of nitrogens with one attached hydrogen (secondary N) is 1. The normalized spacial score (nSPS) is 11.3. The van der Waals surface area contributed by atoms with E-state index in [1.807, 2.05) is 24.3 Å². The summed E-state index contributed by atoms with van der Waals surface area (Å²) < 4.78 is 14.5. The summed E-state index contributed by atoms with van der Waals surface area (Å²) >= 11 is 0. The van der Waals surface area contributed by atoms with Gasteiger partial charge in [-0.3, -0.25) is 4.79 Å². The molecule has 0 radical (unpaired) electrons. The Kier molecular flexibility index (Phi) is 4.74. The number of hydrogen-bond acceptors (Lipinski definition) is 5. The van der Waals surface area contributed by atoms with Gasteiger partial charge in [-0.2, -0.15) is 9.78 Å². The third kappa shape index (κ3) is 3.43. The summed E-state index contributed by atoms with van der Waals surface area (Å²) in [6, 6.07) is 13.1. The molecule has 2 heterocycles. The van der Waals surface area contributed by atoms with E-state index in [0.717, 1.165) is 0 Å². The van der Waals surface area contributed by atoms with Gasteiger partial charge in [-0.1, -0.05) is 30.3 Å². The second kappa shape index (κ2) is 7.51. The van der Waals surface area contributed by atoms with Crippen LogP contribution in [-0.2, 0) is 0 Å². The quantitative estimate of drug-likeness (QED) is 0.405. The van der Waals surface area contributed by atoms with Crippen molar-refractivity contribution in [1.29, 1.82) is 0 Å². The second-order valence-electron chi connectivity index (χ2n) is 6.25. The number of hydrogen-bond donors (Lipinski definition) is 2. The average Bonchev–Trinajstić information content (AvgIpc) is 3.00. The zero-order chi connectivity index (χ0) is 20.4. The lowest BCUT2D eigenvalue weighted by Crippen LogP contribution is -2.24. The molecule has 0 saturated carbocycles. The predicted octanol–water partition coefficient (Wildman–Crippen LogP) is 3.10. The van der Waals surface area contributed by atoms with Crippen LogP contribution in [0.4, 0.5) is 10.2 Å².